The molecule has 0 spiro atoms. The van der Waals surface area contributed by atoms with E-state index < -0.39 is 46.5 Å². The molecule has 0 aromatic heterocycles. The molecule has 0 fully saturated rings. The third kappa shape index (κ3) is 1.89. The average Bonchev–Trinajstić information content (AvgIpc) is 2.37. The van der Waals surface area contributed by atoms with Crippen LogP contribution >= 0.6 is 0 Å². The summed E-state index contributed by atoms with van der Waals surface area (Å²) in [4.78, 5) is 70.6. The molecule has 0 aliphatic heterocycles. The second kappa shape index (κ2) is 4.56. The number of hydrogen-bond acceptors (Lipinski definition) is 6. The van der Waals surface area contributed by atoms with Crippen molar-refractivity contribution in [2.75, 3.05) is 0 Å². The van der Waals surface area contributed by atoms with E-state index >= 15 is 0 Å². The van der Waals surface area contributed by atoms with Gasteiger partial charge in [-0.1, -0.05) is 0 Å². The van der Waals surface area contributed by atoms with Crippen LogP contribution in [0.2, 0.25) is 0 Å². The zero-order valence-electron chi connectivity index (χ0n) is 10.8. The van der Waals surface area contributed by atoms with Crippen LogP contribution in [-0.2, 0) is 28.8 Å². The Morgan fingerprint density at radius 1 is 0.650 bits per heavy atom. The minimum atomic E-state index is -1.71. The van der Waals surface area contributed by atoms with Gasteiger partial charge in [-0.2, -0.15) is 0 Å². The summed E-state index contributed by atoms with van der Waals surface area (Å²) in [5, 5.41) is 0. The van der Waals surface area contributed by atoms with Crippen molar-refractivity contribution in [1.29, 1.82) is 0 Å². The highest BCUT2D eigenvalue weighted by Gasteiger charge is 2.49. The van der Waals surface area contributed by atoms with E-state index in [0.29, 0.717) is 0 Å². The minimum absolute atomic E-state index is 0.0370. The maximum atomic E-state index is 11.9. The molecule has 2 aliphatic carbocycles. The zero-order valence-corrected chi connectivity index (χ0v) is 10.8. The van der Waals surface area contributed by atoms with Gasteiger partial charge in [-0.15, -0.1) is 0 Å². The molecule has 2 atom stereocenters. The molecule has 0 aromatic carbocycles. The summed E-state index contributed by atoms with van der Waals surface area (Å²) >= 11 is 0. The Bertz CT molecular complexity index is 603. The molecule has 0 saturated carbocycles. The van der Waals surface area contributed by atoms with Crippen LogP contribution in [0.3, 0.4) is 0 Å². The molecule has 0 N–H and O–H groups in total. The van der Waals surface area contributed by atoms with Gasteiger partial charge in [0.1, 0.15) is 11.8 Å². The van der Waals surface area contributed by atoms with Gasteiger partial charge in [0.25, 0.3) is 0 Å². The Morgan fingerprint density at radius 3 is 1.25 bits per heavy atom. The lowest BCUT2D eigenvalue weighted by Crippen LogP contribution is -2.48. The molecule has 0 heterocycles. The van der Waals surface area contributed by atoms with E-state index in [4.69, 9.17) is 0 Å². The summed E-state index contributed by atoms with van der Waals surface area (Å²) in [6, 6.07) is 0. The first-order chi connectivity index (χ1) is 9.25. The van der Waals surface area contributed by atoms with Crippen LogP contribution in [0.4, 0.5) is 0 Å². The van der Waals surface area contributed by atoms with Crippen LogP contribution < -0.4 is 0 Å². The van der Waals surface area contributed by atoms with Crippen molar-refractivity contribution in [2.45, 2.75) is 13.8 Å². The molecular weight excluding hydrogens is 264 g/mol. The smallest absolute Gasteiger partial charge is 0.225 e. The molecule has 0 radical (unpaired) electrons. The largest absolute Gasteiger partial charge is 0.294 e. The molecule has 0 amide bonds. The minimum Gasteiger partial charge on any atom is -0.294 e. The molecule has 2 aliphatic rings. The van der Waals surface area contributed by atoms with Gasteiger partial charge in [-0.25, -0.2) is 0 Å². The van der Waals surface area contributed by atoms with Crippen LogP contribution in [0.15, 0.2) is 23.3 Å². The third-order valence-corrected chi connectivity index (χ3v) is 3.39. The zero-order chi connectivity index (χ0) is 15.2. The van der Waals surface area contributed by atoms with Crippen molar-refractivity contribution in [3.05, 3.63) is 23.3 Å². The van der Waals surface area contributed by atoms with Crippen LogP contribution in [0.25, 0.3) is 0 Å². The fraction of sp³-hybridized carbons (Fsp3) is 0.286. The van der Waals surface area contributed by atoms with Crippen molar-refractivity contribution < 1.29 is 28.8 Å². The van der Waals surface area contributed by atoms with Gasteiger partial charge in [0, 0.05) is 11.1 Å². The number of carbonyl (C=O) groups is 6. The summed E-state index contributed by atoms with van der Waals surface area (Å²) in [5.74, 6) is -9.04. The molecule has 2 rings (SSSR count). The van der Waals surface area contributed by atoms with E-state index in [9.17, 15) is 28.8 Å². The van der Waals surface area contributed by atoms with Crippen molar-refractivity contribution in [1.82, 2.24) is 0 Å². The summed E-state index contributed by atoms with van der Waals surface area (Å²) < 4.78 is 0. The number of carbonyl (C=O) groups excluding carboxylic acids is 6. The second-order valence-corrected chi connectivity index (χ2v) is 4.80. The lowest BCUT2D eigenvalue weighted by Gasteiger charge is -2.25. The Kier molecular flexibility index (Phi) is 3.17. The number of allylic oxidation sites excluding steroid dienone is 4. The lowest BCUT2D eigenvalue weighted by molar-refractivity contribution is -0.150. The Morgan fingerprint density at radius 2 is 0.950 bits per heavy atom. The number of ketones is 6. The Hall–Kier alpha value is -2.50. The Labute approximate surface area is 113 Å². The standard InChI is InChI=1S/C14H10O6/c1-5-3-7(15)9(13(19)11(5)17)10-8(16)4-6(2)12(18)14(10)20/h3-4,9-10H,1-2H3. The van der Waals surface area contributed by atoms with Crippen molar-refractivity contribution in [3.63, 3.8) is 0 Å². The van der Waals surface area contributed by atoms with Gasteiger partial charge in [-0.3, -0.25) is 28.8 Å². The normalized spacial score (nSPS) is 27.7. The van der Waals surface area contributed by atoms with Gasteiger partial charge in [0.2, 0.25) is 23.1 Å². The predicted molar refractivity (Wildman–Crippen MR) is 64.5 cm³/mol. The van der Waals surface area contributed by atoms with Crippen molar-refractivity contribution in [2.24, 2.45) is 11.8 Å². The van der Waals surface area contributed by atoms with Crippen molar-refractivity contribution in [3.8, 4) is 0 Å². The number of hydrogen-bond donors (Lipinski definition) is 0. The van der Waals surface area contributed by atoms with E-state index in [-0.39, 0.29) is 11.1 Å². The maximum absolute atomic E-state index is 11.9. The topological polar surface area (TPSA) is 102 Å². The van der Waals surface area contributed by atoms with Crippen LogP contribution in [0.1, 0.15) is 13.8 Å². The van der Waals surface area contributed by atoms with Crippen LogP contribution in [0, 0.1) is 11.8 Å². The molecule has 20 heavy (non-hydrogen) atoms. The quantitative estimate of drug-likeness (QED) is 0.474. The first-order valence-corrected chi connectivity index (χ1v) is 5.87. The Balaban J connectivity index is 2.52. The molecule has 6 nitrogen and oxygen atoms in total. The van der Waals surface area contributed by atoms with Crippen LogP contribution in [-0.4, -0.2) is 34.7 Å². The second-order valence-electron chi connectivity index (χ2n) is 4.80. The molecule has 0 saturated heterocycles. The number of rotatable bonds is 1. The van der Waals surface area contributed by atoms with Crippen molar-refractivity contribution >= 4 is 34.7 Å². The lowest BCUT2D eigenvalue weighted by atomic mass is 9.71. The van der Waals surface area contributed by atoms with Gasteiger partial charge in [0.15, 0.2) is 11.6 Å². The summed E-state index contributed by atoms with van der Waals surface area (Å²) in [6.07, 6.45) is 1.87. The molecule has 6 heteroatoms. The van der Waals surface area contributed by atoms with Gasteiger partial charge < -0.3 is 0 Å². The predicted octanol–water partition coefficient (Wildman–Crippen LogP) is -0.447. The van der Waals surface area contributed by atoms with E-state index in [1.807, 2.05) is 0 Å². The number of Topliss-reactive ketones (excluding diaryl/α,β-unsaturated/α-hetero) is 4. The molecule has 2 unspecified atom stereocenters. The van der Waals surface area contributed by atoms with Gasteiger partial charge >= 0.3 is 0 Å². The SMILES string of the molecule is CC1=CC(=O)C(C2C(=O)C=C(C)C(=O)C2=O)C(=O)C1=O. The average molecular weight is 274 g/mol. The van der Waals surface area contributed by atoms with Crippen LogP contribution in [0.5, 0.6) is 0 Å². The molecule has 0 aromatic rings. The first-order valence-electron chi connectivity index (χ1n) is 5.87. The fourth-order valence-corrected chi connectivity index (χ4v) is 2.30. The third-order valence-electron chi connectivity index (χ3n) is 3.39. The van der Waals surface area contributed by atoms with E-state index in [1.165, 1.54) is 13.8 Å². The summed E-state index contributed by atoms with van der Waals surface area (Å²) in [7, 11) is 0. The van der Waals surface area contributed by atoms with E-state index in [0.717, 1.165) is 12.2 Å². The molecule has 102 valence electrons. The highest BCUT2D eigenvalue weighted by atomic mass is 16.2. The molecular formula is C14H10O6. The van der Waals surface area contributed by atoms with Gasteiger partial charge in [0.05, 0.1) is 0 Å². The first kappa shape index (κ1) is 13.9. The molecule has 0 bridgehead atoms. The van der Waals surface area contributed by atoms with Gasteiger partial charge in [-0.05, 0) is 26.0 Å². The maximum Gasteiger partial charge on any atom is 0.225 e. The van der Waals surface area contributed by atoms with E-state index in [1.54, 1.807) is 0 Å². The monoisotopic (exact) mass is 274 g/mol. The fourth-order valence-electron chi connectivity index (χ4n) is 2.30. The summed E-state index contributed by atoms with van der Waals surface area (Å²) in [5.41, 5.74) is -0.0741. The van der Waals surface area contributed by atoms with E-state index in [2.05, 4.69) is 0 Å². The highest BCUT2D eigenvalue weighted by molar-refractivity contribution is 6.55. The summed E-state index contributed by atoms with van der Waals surface area (Å²) in [6.45, 7) is 2.60. The highest BCUT2D eigenvalue weighted by Crippen LogP contribution is 2.28.